The fraction of sp³-hybridized carbons (Fsp3) is 0.600. The van der Waals surface area contributed by atoms with E-state index in [-0.39, 0.29) is 12.2 Å². The van der Waals surface area contributed by atoms with Gasteiger partial charge in [-0.15, -0.1) is 0 Å². The van der Waals surface area contributed by atoms with Crippen LogP contribution in [-0.4, -0.2) is 53.8 Å². The van der Waals surface area contributed by atoms with Crippen molar-refractivity contribution in [1.29, 1.82) is 0 Å². The van der Waals surface area contributed by atoms with E-state index in [9.17, 15) is 9.59 Å². The topological polar surface area (TPSA) is 59.1 Å². The lowest BCUT2D eigenvalue weighted by Crippen LogP contribution is -2.41. The summed E-state index contributed by atoms with van der Waals surface area (Å²) in [6.07, 6.45) is 8.09. The van der Waals surface area contributed by atoms with Crippen LogP contribution in [0.4, 0.5) is 9.59 Å². The van der Waals surface area contributed by atoms with E-state index in [0.717, 1.165) is 57.4 Å². The van der Waals surface area contributed by atoms with Gasteiger partial charge in [-0.25, -0.2) is 9.59 Å². The molecule has 0 aliphatic carbocycles. The number of ether oxygens (including phenoxy) is 2. The third-order valence-corrected chi connectivity index (χ3v) is 5.85. The fourth-order valence-electron chi connectivity index (χ4n) is 4.00. The summed E-state index contributed by atoms with van der Waals surface area (Å²) in [4.78, 5) is 28.1. The molecule has 0 N–H and O–H groups in total. The van der Waals surface area contributed by atoms with Crippen molar-refractivity contribution >= 4 is 12.2 Å². The largest absolute Gasteiger partial charge is 0.445 e. The zero-order valence-electron chi connectivity index (χ0n) is 19.1. The lowest BCUT2D eigenvalue weighted by Gasteiger charge is -2.33. The van der Waals surface area contributed by atoms with Crippen LogP contribution >= 0.6 is 0 Å². The van der Waals surface area contributed by atoms with Crippen molar-refractivity contribution in [3.8, 4) is 0 Å². The zero-order valence-corrected chi connectivity index (χ0v) is 19.1. The average Bonchev–Trinajstić information content (AvgIpc) is 2.76. The summed E-state index contributed by atoms with van der Waals surface area (Å²) >= 11 is 0. The van der Waals surface area contributed by atoms with E-state index in [1.165, 1.54) is 0 Å². The summed E-state index contributed by atoms with van der Waals surface area (Å²) in [5.74, 6) is 1.01. The van der Waals surface area contributed by atoms with Crippen LogP contribution in [0, 0.1) is 11.8 Å². The van der Waals surface area contributed by atoms with E-state index in [4.69, 9.17) is 9.47 Å². The fourth-order valence-corrected chi connectivity index (χ4v) is 4.00. The minimum atomic E-state index is -0.448. The van der Waals surface area contributed by atoms with Crippen LogP contribution in [0.1, 0.15) is 52.0 Å². The SMILES string of the molecule is CC(C)(C)OC(=O)N1CCC(/C=C\C2CCN(C(=O)OCc3ccccc3)CC2)CC1. The Balaban J connectivity index is 1.34. The van der Waals surface area contributed by atoms with Gasteiger partial charge in [-0.05, 0) is 63.9 Å². The summed E-state index contributed by atoms with van der Waals surface area (Å²) in [6.45, 7) is 8.98. The quantitative estimate of drug-likeness (QED) is 0.616. The van der Waals surface area contributed by atoms with Crippen molar-refractivity contribution in [2.75, 3.05) is 26.2 Å². The minimum Gasteiger partial charge on any atom is -0.445 e. The minimum absolute atomic E-state index is 0.207. The highest BCUT2D eigenvalue weighted by Gasteiger charge is 2.27. The number of nitrogens with zero attached hydrogens (tertiary/aromatic N) is 2. The van der Waals surface area contributed by atoms with E-state index >= 15 is 0 Å². The maximum atomic E-state index is 12.3. The van der Waals surface area contributed by atoms with Gasteiger partial charge in [0.05, 0.1) is 0 Å². The Bertz CT molecular complexity index is 741. The molecule has 2 amide bonds. The van der Waals surface area contributed by atoms with Gasteiger partial charge in [0.15, 0.2) is 0 Å². The number of benzene rings is 1. The Morgan fingerprint density at radius 2 is 1.35 bits per heavy atom. The first-order chi connectivity index (χ1) is 14.8. The number of piperidine rings is 2. The van der Waals surface area contributed by atoms with E-state index in [1.807, 2.05) is 60.9 Å². The number of amides is 2. The summed E-state index contributed by atoms with van der Waals surface area (Å²) in [6, 6.07) is 9.77. The second-order valence-electron chi connectivity index (χ2n) is 9.55. The standard InChI is InChI=1S/C25H36N2O4/c1-25(2,3)31-24(29)27-17-13-21(14-18-27)10-9-20-11-15-26(16-12-20)23(28)30-19-22-7-5-4-6-8-22/h4-10,20-21H,11-19H2,1-3H3/b10-9-. The molecule has 31 heavy (non-hydrogen) atoms. The Hall–Kier alpha value is -2.50. The van der Waals surface area contributed by atoms with E-state index < -0.39 is 5.60 Å². The second kappa shape index (κ2) is 10.7. The maximum absolute atomic E-state index is 12.3. The molecule has 2 heterocycles. The van der Waals surface area contributed by atoms with E-state index in [2.05, 4.69) is 12.2 Å². The van der Waals surface area contributed by atoms with Gasteiger partial charge in [0.2, 0.25) is 0 Å². The molecule has 0 radical (unpaired) electrons. The van der Waals surface area contributed by atoms with E-state index in [1.54, 1.807) is 0 Å². The highest BCUT2D eigenvalue weighted by Crippen LogP contribution is 2.24. The van der Waals surface area contributed by atoms with Crippen molar-refractivity contribution in [2.45, 2.75) is 58.7 Å². The molecule has 0 bridgehead atoms. The lowest BCUT2D eigenvalue weighted by atomic mass is 9.91. The molecule has 2 fully saturated rings. The van der Waals surface area contributed by atoms with Gasteiger partial charge in [-0.1, -0.05) is 42.5 Å². The first-order valence-corrected chi connectivity index (χ1v) is 11.4. The first-order valence-electron chi connectivity index (χ1n) is 11.4. The zero-order chi connectivity index (χ0) is 22.3. The summed E-state index contributed by atoms with van der Waals surface area (Å²) in [5, 5.41) is 0. The molecule has 1 aromatic carbocycles. The van der Waals surface area contributed by atoms with Gasteiger partial charge in [-0.3, -0.25) is 0 Å². The Morgan fingerprint density at radius 1 is 0.871 bits per heavy atom. The summed E-state index contributed by atoms with van der Waals surface area (Å²) < 4.78 is 10.9. The molecule has 170 valence electrons. The van der Waals surface area contributed by atoms with Crippen LogP contribution in [-0.2, 0) is 16.1 Å². The highest BCUT2D eigenvalue weighted by atomic mass is 16.6. The maximum Gasteiger partial charge on any atom is 0.410 e. The smallest absolute Gasteiger partial charge is 0.410 e. The Labute approximate surface area is 186 Å². The number of likely N-dealkylation sites (tertiary alicyclic amines) is 2. The molecule has 1 aromatic rings. The summed E-state index contributed by atoms with van der Waals surface area (Å²) in [7, 11) is 0. The van der Waals surface area contributed by atoms with Crippen LogP contribution in [0.3, 0.4) is 0 Å². The van der Waals surface area contributed by atoms with Crippen LogP contribution in [0.25, 0.3) is 0 Å². The van der Waals surface area contributed by atoms with Gasteiger partial charge in [-0.2, -0.15) is 0 Å². The predicted octanol–water partition coefficient (Wildman–Crippen LogP) is 5.24. The molecule has 0 aromatic heterocycles. The molecule has 0 spiro atoms. The van der Waals surface area contributed by atoms with Crippen molar-refractivity contribution in [3.63, 3.8) is 0 Å². The van der Waals surface area contributed by atoms with Crippen LogP contribution in [0.2, 0.25) is 0 Å². The molecule has 0 atom stereocenters. The molecule has 6 heteroatoms. The van der Waals surface area contributed by atoms with Crippen LogP contribution in [0.15, 0.2) is 42.5 Å². The number of hydrogen-bond acceptors (Lipinski definition) is 4. The number of rotatable bonds is 4. The third kappa shape index (κ3) is 7.60. The molecule has 2 saturated heterocycles. The van der Waals surface area contributed by atoms with Gasteiger partial charge in [0.25, 0.3) is 0 Å². The normalized spacial score (nSPS) is 18.9. The molecule has 3 rings (SSSR count). The molecule has 6 nitrogen and oxygen atoms in total. The van der Waals surface area contributed by atoms with Gasteiger partial charge >= 0.3 is 12.2 Å². The highest BCUT2D eigenvalue weighted by molar-refractivity contribution is 5.68. The number of carbonyl (C=O) groups excluding carboxylic acids is 2. The monoisotopic (exact) mass is 428 g/mol. The molecule has 2 aliphatic heterocycles. The molecular weight excluding hydrogens is 392 g/mol. The lowest BCUT2D eigenvalue weighted by molar-refractivity contribution is 0.0197. The molecule has 0 unspecified atom stereocenters. The van der Waals surface area contributed by atoms with Gasteiger partial charge < -0.3 is 19.3 Å². The van der Waals surface area contributed by atoms with Crippen molar-refractivity contribution in [2.24, 2.45) is 11.8 Å². The Kier molecular flexibility index (Phi) is 7.99. The number of carbonyl (C=O) groups is 2. The molecular formula is C25H36N2O4. The van der Waals surface area contributed by atoms with Crippen LogP contribution in [0.5, 0.6) is 0 Å². The molecule has 0 saturated carbocycles. The first kappa shape index (κ1) is 23.2. The van der Waals surface area contributed by atoms with Crippen molar-refractivity contribution in [1.82, 2.24) is 9.80 Å². The third-order valence-electron chi connectivity index (χ3n) is 5.85. The predicted molar refractivity (Wildman–Crippen MR) is 121 cm³/mol. The van der Waals surface area contributed by atoms with Crippen LogP contribution < -0.4 is 0 Å². The second-order valence-corrected chi connectivity index (χ2v) is 9.55. The number of hydrogen-bond donors (Lipinski definition) is 0. The van der Waals surface area contributed by atoms with Crippen molar-refractivity contribution < 1.29 is 19.1 Å². The number of allylic oxidation sites excluding steroid dienone is 2. The van der Waals surface area contributed by atoms with Gasteiger partial charge in [0, 0.05) is 26.2 Å². The Morgan fingerprint density at radius 3 is 1.84 bits per heavy atom. The molecule has 2 aliphatic rings. The summed E-state index contributed by atoms with van der Waals surface area (Å²) in [5.41, 5.74) is 0.558. The average molecular weight is 429 g/mol. The van der Waals surface area contributed by atoms with Crippen molar-refractivity contribution in [3.05, 3.63) is 48.0 Å². The van der Waals surface area contributed by atoms with E-state index in [0.29, 0.717) is 18.4 Å². The van der Waals surface area contributed by atoms with Gasteiger partial charge in [0.1, 0.15) is 12.2 Å².